The fraction of sp³-hybridized carbons (Fsp3) is 0. The third kappa shape index (κ3) is 4.24. The molecule has 9 aromatic rings. The number of benzene rings is 8. The van der Waals surface area contributed by atoms with Gasteiger partial charge in [-0.15, -0.1) is 0 Å². The third-order valence-electron chi connectivity index (χ3n) is 7.09. The van der Waals surface area contributed by atoms with Gasteiger partial charge in [-0.2, -0.15) is 0 Å². The first-order valence-electron chi connectivity index (χ1n) is 26.7. The molecule has 0 aliphatic carbocycles. The molecule has 0 radical (unpaired) electrons. The molecular formula is C44H28O. The van der Waals surface area contributed by atoms with Crippen molar-refractivity contribution in [3.05, 3.63) is 169 Å². The number of fused-ring (bicyclic) bond motifs is 5. The third-order valence-corrected chi connectivity index (χ3v) is 7.09. The average Bonchev–Trinajstić information content (AvgIpc) is 3.77. The van der Waals surface area contributed by atoms with Gasteiger partial charge in [-0.05, 0) is 96.3 Å². The maximum absolute atomic E-state index is 9.84. The summed E-state index contributed by atoms with van der Waals surface area (Å²) in [5, 5.41) is -3.95. The van der Waals surface area contributed by atoms with Crippen LogP contribution < -0.4 is 0 Å². The molecule has 8 aromatic carbocycles. The Hall–Kier alpha value is -5.92. The van der Waals surface area contributed by atoms with Crippen molar-refractivity contribution in [1.82, 2.24) is 0 Å². The Morgan fingerprint density at radius 2 is 0.756 bits per heavy atom. The minimum atomic E-state index is -1.05. The molecule has 1 aromatic heterocycles. The zero-order valence-electron chi connectivity index (χ0n) is 49.5. The van der Waals surface area contributed by atoms with Gasteiger partial charge < -0.3 is 4.42 Å². The van der Waals surface area contributed by atoms with Crippen LogP contribution in [0.3, 0.4) is 0 Å². The fourth-order valence-electron chi connectivity index (χ4n) is 5.18. The molecule has 0 fully saturated rings. The minimum absolute atomic E-state index is 0.411. The predicted molar refractivity (Wildman–Crippen MR) is 190 cm³/mol. The SMILES string of the molecule is [2H]c1c([2H])c([2H])c(-c2cc([2H])c3oc4c([2H])c([2H])c(-c5c6c([2H])c([2H])c([2H])c([2H])c6c(-c6c([2H])c([2H])c([2H])c(-c7c([2H])c([2H])c([2H])c([2H])c7[2H])c6[2H])c6c([2H])c([2H])c([2H])c([2H])c56)c([2H])c4c3c2[2H])c([2H])c1[2H]. The van der Waals surface area contributed by atoms with Crippen molar-refractivity contribution in [2.75, 3.05) is 0 Å². The molecule has 45 heavy (non-hydrogen) atoms. The molecule has 0 spiro atoms. The lowest BCUT2D eigenvalue weighted by Crippen LogP contribution is -1.91. The molecule has 210 valence electrons. The van der Waals surface area contributed by atoms with E-state index in [0.29, 0.717) is 0 Å². The van der Waals surface area contributed by atoms with E-state index in [9.17, 15) is 13.7 Å². The molecule has 0 aliphatic rings. The zero-order chi connectivity index (χ0) is 53.2. The lowest BCUT2D eigenvalue weighted by atomic mass is 9.85. The molecule has 1 heterocycles. The van der Waals surface area contributed by atoms with E-state index in [1.165, 1.54) is 0 Å². The van der Waals surface area contributed by atoms with E-state index < -0.39 is 251 Å². The summed E-state index contributed by atoms with van der Waals surface area (Å²) < 4.78 is 246. The van der Waals surface area contributed by atoms with Crippen LogP contribution in [0.15, 0.2) is 174 Å². The molecule has 0 bridgehead atoms. The first-order valence-corrected chi connectivity index (χ1v) is 13.2. The molecule has 0 saturated carbocycles. The Kier molecular flexibility index (Phi) is 2.38. The molecule has 1 nitrogen and oxygen atoms in total. The van der Waals surface area contributed by atoms with Crippen molar-refractivity contribution in [3.63, 3.8) is 0 Å². The van der Waals surface area contributed by atoms with Crippen molar-refractivity contribution in [2.45, 2.75) is 0 Å². The van der Waals surface area contributed by atoms with E-state index >= 15 is 0 Å². The second-order valence-electron chi connectivity index (χ2n) is 9.59. The van der Waals surface area contributed by atoms with Gasteiger partial charge in [0.1, 0.15) is 11.2 Å². The highest BCUT2D eigenvalue weighted by Gasteiger charge is 2.18. The summed E-state index contributed by atoms with van der Waals surface area (Å²) in [4.78, 5) is 0. The molecule has 0 atom stereocenters. The van der Waals surface area contributed by atoms with Gasteiger partial charge in [0.05, 0.1) is 37.0 Å². The lowest BCUT2D eigenvalue weighted by molar-refractivity contribution is 0.669. The Labute approximate surface area is 299 Å². The zero-order valence-corrected chi connectivity index (χ0v) is 22.5. The molecular weight excluding hydrogens is 544 g/mol. The topological polar surface area (TPSA) is 13.1 Å². The number of hydrogen-bond acceptors (Lipinski definition) is 1. The Morgan fingerprint density at radius 1 is 0.311 bits per heavy atom. The van der Waals surface area contributed by atoms with Crippen LogP contribution in [0.5, 0.6) is 0 Å². The summed E-state index contributed by atoms with van der Waals surface area (Å²) in [7, 11) is 0. The van der Waals surface area contributed by atoms with Gasteiger partial charge in [-0.3, -0.25) is 0 Å². The normalized spacial score (nSPS) is 20.0. The van der Waals surface area contributed by atoms with Crippen LogP contribution in [-0.2, 0) is 0 Å². The van der Waals surface area contributed by atoms with Crippen LogP contribution in [0.4, 0.5) is 0 Å². The van der Waals surface area contributed by atoms with Crippen LogP contribution in [0, 0.1) is 0 Å². The van der Waals surface area contributed by atoms with Crippen molar-refractivity contribution < 1.29 is 41.4 Å². The Balaban J connectivity index is 1.57. The number of hydrogen-bond donors (Lipinski definition) is 0. The van der Waals surface area contributed by atoms with Crippen molar-refractivity contribution in [3.8, 4) is 44.5 Å². The molecule has 1 heteroatoms. The second-order valence-corrected chi connectivity index (χ2v) is 9.59. The van der Waals surface area contributed by atoms with Crippen LogP contribution in [0.25, 0.3) is 88.0 Å². The smallest absolute Gasteiger partial charge is 0.135 e. The molecule has 9 rings (SSSR count). The first kappa shape index (κ1) is 10.3. The summed E-state index contributed by atoms with van der Waals surface area (Å²) in [6, 6.07) is -23.5. The molecule has 0 unspecified atom stereocenters. The van der Waals surface area contributed by atoms with Crippen molar-refractivity contribution >= 4 is 43.5 Å². The van der Waals surface area contributed by atoms with Crippen molar-refractivity contribution in [1.29, 1.82) is 0 Å². The highest BCUT2D eigenvalue weighted by atomic mass is 16.3. The number of rotatable bonds is 4. The van der Waals surface area contributed by atoms with Gasteiger partial charge in [0.25, 0.3) is 0 Å². The lowest BCUT2D eigenvalue weighted by Gasteiger charge is -2.18. The van der Waals surface area contributed by atoms with Gasteiger partial charge in [0, 0.05) is 10.8 Å². The highest BCUT2D eigenvalue weighted by molar-refractivity contribution is 6.22. The molecule has 0 amide bonds. The first-order chi connectivity index (χ1) is 33.6. The van der Waals surface area contributed by atoms with Gasteiger partial charge in [0.15, 0.2) is 0 Å². The summed E-state index contributed by atoms with van der Waals surface area (Å²) in [5.74, 6) is 0. The Bertz CT molecular complexity index is 3920. The van der Waals surface area contributed by atoms with Crippen molar-refractivity contribution in [2.24, 2.45) is 0 Å². The number of furan rings is 1. The van der Waals surface area contributed by atoms with E-state index in [-0.39, 0.29) is 0 Å². The summed E-state index contributed by atoms with van der Waals surface area (Å²) in [5.41, 5.74) is -6.68. The molecule has 0 saturated heterocycles. The highest BCUT2D eigenvalue weighted by Crippen LogP contribution is 2.45. The molecule has 0 N–H and O–H groups in total. The van der Waals surface area contributed by atoms with E-state index in [1.807, 2.05) is 0 Å². The predicted octanol–water partition coefficient (Wildman–Crippen LogP) is 12.6. The van der Waals surface area contributed by atoms with Gasteiger partial charge >= 0.3 is 0 Å². The van der Waals surface area contributed by atoms with Gasteiger partial charge in [-0.25, -0.2) is 0 Å². The monoisotopic (exact) mass is 599 g/mol. The molecule has 0 aliphatic heterocycles. The van der Waals surface area contributed by atoms with E-state index in [4.69, 9.17) is 27.7 Å². The summed E-state index contributed by atoms with van der Waals surface area (Å²) in [6.45, 7) is 0. The summed E-state index contributed by atoms with van der Waals surface area (Å²) >= 11 is 0. The largest absolute Gasteiger partial charge is 0.456 e. The quantitative estimate of drug-likeness (QED) is 0.183. The van der Waals surface area contributed by atoms with Gasteiger partial charge in [0.2, 0.25) is 0 Å². The van der Waals surface area contributed by atoms with E-state index in [0.717, 1.165) is 6.07 Å². The Morgan fingerprint density at radius 3 is 1.36 bits per heavy atom. The maximum Gasteiger partial charge on any atom is 0.135 e. The maximum atomic E-state index is 9.84. The van der Waals surface area contributed by atoms with E-state index in [2.05, 4.69) is 0 Å². The van der Waals surface area contributed by atoms with Crippen LogP contribution >= 0.6 is 0 Å². The van der Waals surface area contributed by atoms with Crippen LogP contribution in [0.2, 0.25) is 0 Å². The second kappa shape index (κ2) is 10.4. The summed E-state index contributed by atoms with van der Waals surface area (Å²) in [6.07, 6.45) is 0. The van der Waals surface area contributed by atoms with E-state index in [1.54, 1.807) is 0 Å². The fourth-order valence-corrected chi connectivity index (χ4v) is 5.18. The van der Waals surface area contributed by atoms with Crippen LogP contribution in [-0.4, -0.2) is 0 Å². The average molecular weight is 600 g/mol. The van der Waals surface area contributed by atoms with Crippen LogP contribution in [0.1, 0.15) is 37.0 Å². The minimum Gasteiger partial charge on any atom is -0.456 e. The van der Waals surface area contributed by atoms with Gasteiger partial charge in [-0.1, -0.05) is 139 Å². The standard InChI is InChI=1S/C44H28O/c1-3-12-29(13-4-1)31-16-11-17-33(26-31)43-35-18-7-9-20-37(35)44(38-21-10-8-19-36(38)43)34-23-25-42-40(28-34)39-27-32(22-24-41(39)45-42)30-14-5-2-6-15-30/h1-28H/i1D,2D,3D,4D,5D,6D,7D,8D,9D,10D,11D,12D,13D,14D,15D,16D,17D,18D,19D,20D,21D,23D,24D,25D,26D,27D,28D.